The van der Waals surface area contributed by atoms with Crippen LogP contribution >= 0.6 is 0 Å². The number of phenols is 1. The molecule has 1 heterocycles. The first-order valence-corrected chi connectivity index (χ1v) is 7.20. The summed E-state index contributed by atoms with van der Waals surface area (Å²) in [6, 6.07) is 5.26. The Bertz CT molecular complexity index is 496. The van der Waals surface area contributed by atoms with Crippen LogP contribution in [0, 0.1) is 0 Å². The summed E-state index contributed by atoms with van der Waals surface area (Å²) >= 11 is 0. The van der Waals surface area contributed by atoms with Crippen LogP contribution in [0.15, 0.2) is 18.2 Å². The second-order valence-corrected chi connectivity index (χ2v) is 5.09. The Balaban J connectivity index is 1.99. The summed E-state index contributed by atoms with van der Waals surface area (Å²) in [5.41, 5.74) is 1.41. The van der Waals surface area contributed by atoms with Gasteiger partial charge in [0.25, 0.3) is 0 Å². The minimum atomic E-state index is -0.695. The van der Waals surface area contributed by atoms with Crippen molar-refractivity contribution in [2.45, 2.75) is 20.0 Å². The Labute approximate surface area is 124 Å². The minimum absolute atomic E-state index is 0.0929. The van der Waals surface area contributed by atoms with Crippen molar-refractivity contribution in [2.75, 3.05) is 37.7 Å². The number of ether oxygens (including phenoxy) is 1. The Hall–Kier alpha value is -1.95. The zero-order valence-corrected chi connectivity index (χ0v) is 12.5. The summed E-state index contributed by atoms with van der Waals surface area (Å²) < 4.78 is 4.98. The number of amides is 1. The molecule has 1 aromatic rings. The van der Waals surface area contributed by atoms with Crippen LogP contribution in [0.25, 0.3) is 0 Å². The van der Waals surface area contributed by atoms with Crippen LogP contribution in [0.3, 0.4) is 0 Å². The van der Waals surface area contributed by atoms with Gasteiger partial charge in [-0.1, -0.05) is 6.07 Å². The van der Waals surface area contributed by atoms with E-state index in [1.165, 1.54) is 0 Å². The highest BCUT2D eigenvalue weighted by molar-refractivity contribution is 5.68. The highest BCUT2D eigenvalue weighted by Crippen LogP contribution is 2.29. The van der Waals surface area contributed by atoms with E-state index in [0.29, 0.717) is 38.3 Å². The summed E-state index contributed by atoms with van der Waals surface area (Å²) in [6.07, 6.45) is -0.968. The van der Waals surface area contributed by atoms with Crippen LogP contribution in [0.5, 0.6) is 5.75 Å². The van der Waals surface area contributed by atoms with E-state index in [9.17, 15) is 15.0 Å². The lowest BCUT2D eigenvalue weighted by atomic mass is 10.1. The summed E-state index contributed by atoms with van der Waals surface area (Å²) in [5.74, 6) is 0.0929. The predicted octanol–water partition coefficient (Wildman–Crippen LogP) is 1.72. The average molecular weight is 294 g/mol. The molecule has 1 aliphatic rings. The van der Waals surface area contributed by atoms with Gasteiger partial charge in [-0.15, -0.1) is 0 Å². The van der Waals surface area contributed by atoms with Crippen LogP contribution in [0.4, 0.5) is 10.5 Å². The lowest BCUT2D eigenvalue weighted by Crippen LogP contribution is -2.49. The molecule has 6 heteroatoms. The number of piperazine rings is 1. The molecule has 21 heavy (non-hydrogen) atoms. The molecule has 1 fully saturated rings. The second kappa shape index (κ2) is 6.67. The SMILES string of the molecule is CCOC(=O)N1CCN(c2ccc(C(C)O)c(O)c2)CC1. The van der Waals surface area contributed by atoms with Crippen molar-refractivity contribution in [3.8, 4) is 5.75 Å². The normalized spacial score (nSPS) is 16.7. The number of carbonyl (C=O) groups excluding carboxylic acids is 1. The summed E-state index contributed by atoms with van der Waals surface area (Å²) in [6.45, 7) is 6.36. The molecule has 116 valence electrons. The van der Waals surface area contributed by atoms with Crippen molar-refractivity contribution in [3.05, 3.63) is 23.8 Å². The topological polar surface area (TPSA) is 73.2 Å². The molecular weight excluding hydrogens is 272 g/mol. The first kappa shape index (κ1) is 15.4. The lowest BCUT2D eigenvalue weighted by Gasteiger charge is -2.35. The first-order valence-electron chi connectivity index (χ1n) is 7.20. The third-order valence-corrected chi connectivity index (χ3v) is 3.63. The van der Waals surface area contributed by atoms with Gasteiger partial charge in [-0.3, -0.25) is 0 Å². The van der Waals surface area contributed by atoms with Gasteiger partial charge in [-0.2, -0.15) is 0 Å². The fraction of sp³-hybridized carbons (Fsp3) is 0.533. The van der Waals surface area contributed by atoms with Crippen LogP contribution in [-0.2, 0) is 4.74 Å². The van der Waals surface area contributed by atoms with Gasteiger partial charge in [0, 0.05) is 43.5 Å². The number of aromatic hydroxyl groups is 1. The third-order valence-electron chi connectivity index (χ3n) is 3.63. The molecule has 0 aliphatic carbocycles. The molecule has 0 spiro atoms. The monoisotopic (exact) mass is 294 g/mol. The highest BCUT2D eigenvalue weighted by atomic mass is 16.6. The van der Waals surface area contributed by atoms with Crippen LogP contribution < -0.4 is 4.90 Å². The molecule has 1 saturated heterocycles. The van der Waals surface area contributed by atoms with E-state index in [2.05, 4.69) is 4.90 Å². The van der Waals surface area contributed by atoms with Gasteiger partial charge in [-0.05, 0) is 19.9 Å². The molecule has 1 amide bonds. The molecule has 1 atom stereocenters. The van der Waals surface area contributed by atoms with Gasteiger partial charge in [0.05, 0.1) is 12.7 Å². The zero-order valence-electron chi connectivity index (χ0n) is 12.5. The first-order chi connectivity index (χ1) is 10.0. The van der Waals surface area contributed by atoms with Gasteiger partial charge in [0.1, 0.15) is 5.75 Å². The number of anilines is 1. The highest BCUT2D eigenvalue weighted by Gasteiger charge is 2.22. The van der Waals surface area contributed by atoms with E-state index in [1.54, 1.807) is 30.9 Å². The quantitative estimate of drug-likeness (QED) is 0.888. The number of phenolic OH excluding ortho intramolecular Hbond substituents is 1. The van der Waals surface area contributed by atoms with Gasteiger partial charge < -0.3 is 24.7 Å². The maximum Gasteiger partial charge on any atom is 0.409 e. The standard InChI is InChI=1S/C15H22N2O4/c1-3-21-15(20)17-8-6-16(7-9-17)12-4-5-13(11(2)18)14(19)10-12/h4-5,10-11,18-19H,3,6-9H2,1-2H3. The summed E-state index contributed by atoms with van der Waals surface area (Å²) in [7, 11) is 0. The lowest BCUT2D eigenvalue weighted by molar-refractivity contribution is 0.105. The molecule has 1 aliphatic heterocycles. The number of hydrogen-bond acceptors (Lipinski definition) is 5. The summed E-state index contributed by atoms with van der Waals surface area (Å²) in [5, 5.41) is 19.5. The van der Waals surface area contributed by atoms with Crippen molar-refractivity contribution >= 4 is 11.8 Å². The van der Waals surface area contributed by atoms with Crippen LogP contribution in [0.1, 0.15) is 25.5 Å². The van der Waals surface area contributed by atoms with Crippen molar-refractivity contribution in [2.24, 2.45) is 0 Å². The maximum atomic E-state index is 11.6. The molecule has 6 nitrogen and oxygen atoms in total. The Morgan fingerprint density at radius 3 is 2.52 bits per heavy atom. The number of rotatable bonds is 3. The molecule has 0 radical (unpaired) electrons. The number of carbonyl (C=O) groups is 1. The van der Waals surface area contributed by atoms with Gasteiger partial charge >= 0.3 is 6.09 Å². The molecule has 0 bridgehead atoms. The largest absolute Gasteiger partial charge is 0.507 e. The van der Waals surface area contributed by atoms with Gasteiger partial charge in [0.2, 0.25) is 0 Å². The van der Waals surface area contributed by atoms with Gasteiger partial charge in [-0.25, -0.2) is 4.79 Å². The Morgan fingerprint density at radius 1 is 1.33 bits per heavy atom. The zero-order chi connectivity index (χ0) is 15.4. The van der Waals surface area contributed by atoms with E-state index in [1.807, 2.05) is 6.07 Å². The van der Waals surface area contributed by atoms with E-state index >= 15 is 0 Å². The van der Waals surface area contributed by atoms with Crippen molar-refractivity contribution in [3.63, 3.8) is 0 Å². The van der Waals surface area contributed by atoms with E-state index in [-0.39, 0.29) is 11.8 Å². The van der Waals surface area contributed by atoms with Gasteiger partial charge in [0.15, 0.2) is 0 Å². The summed E-state index contributed by atoms with van der Waals surface area (Å²) in [4.78, 5) is 15.4. The van der Waals surface area contributed by atoms with Crippen molar-refractivity contribution in [1.82, 2.24) is 4.90 Å². The molecule has 1 aromatic carbocycles. The number of nitrogens with zero attached hydrogens (tertiary/aromatic N) is 2. The van der Waals surface area contributed by atoms with E-state index < -0.39 is 6.10 Å². The van der Waals surface area contributed by atoms with E-state index in [0.717, 1.165) is 5.69 Å². The maximum absolute atomic E-state index is 11.6. The molecule has 2 rings (SSSR count). The molecule has 0 saturated carbocycles. The third kappa shape index (κ3) is 3.58. The predicted molar refractivity (Wildman–Crippen MR) is 79.5 cm³/mol. The molecular formula is C15H22N2O4. The fourth-order valence-electron chi connectivity index (χ4n) is 2.44. The van der Waals surface area contributed by atoms with Crippen LogP contribution in [0.2, 0.25) is 0 Å². The Morgan fingerprint density at radius 2 is 2.00 bits per heavy atom. The number of benzene rings is 1. The fourth-order valence-corrected chi connectivity index (χ4v) is 2.44. The molecule has 1 unspecified atom stereocenters. The molecule has 2 N–H and O–H groups in total. The van der Waals surface area contributed by atoms with Crippen molar-refractivity contribution in [1.29, 1.82) is 0 Å². The number of aliphatic hydroxyl groups is 1. The van der Waals surface area contributed by atoms with Crippen molar-refractivity contribution < 1.29 is 19.7 Å². The second-order valence-electron chi connectivity index (χ2n) is 5.09. The minimum Gasteiger partial charge on any atom is -0.507 e. The average Bonchev–Trinajstić information content (AvgIpc) is 2.47. The smallest absolute Gasteiger partial charge is 0.409 e. The number of aliphatic hydroxyl groups excluding tert-OH is 1. The van der Waals surface area contributed by atoms with E-state index in [4.69, 9.17) is 4.74 Å². The number of hydrogen-bond donors (Lipinski definition) is 2. The van der Waals surface area contributed by atoms with Crippen LogP contribution in [-0.4, -0.2) is 54.0 Å². The Kier molecular flexibility index (Phi) is 4.90. The molecule has 0 aromatic heterocycles.